The molecular weight excluding hydrogens is 296 g/mol. The van der Waals surface area contributed by atoms with Gasteiger partial charge in [-0.15, -0.1) is 11.3 Å². The third-order valence-corrected chi connectivity index (χ3v) is 4.31. The van der Waals surface area contributed by atoms with E-state index in [-0.39, 0.29) is 0 Å². The van der Waals surface area contributed by atoms with E-state index in [1.807, 2.05) is 12.4 Å². The van der Waals surface area contributed by atoms with Crippen LogP contribution in [0.1, 0.15) is 23.4 Å². The topological polar surface area (TPSA) is 24.9 Å². The van der Waals surface area contributed by atoms with Crippen molar-refractivity contribution in [1.29, 1.82) is 0 Å². The number of likely N-dealkylation sites (N-methyl/N-ethyl adjacent to an activating group) is 1. The highest BCUT2D eigenvalue weighted by Crippen LogP contribution is 2.29. The molecule has 0 aliphatic rings. The molecule has 2 aromatic heterocycles. The van der Waals surface area contributed by atoms with Crippen molar-refractivity contribution < 1.29 is 0 Å². The normalized spacial score (nSPS) is 12.6. The van der Waals surface area contributed by atoms with E-state index < -0.39 is 0 Å². The summed E-state index contributed by atoms with van der Waals surface area (Å²) >= 11 is 5.31. The minimum atomic E-state index is 0.388. The number of nitrogens with zero attached hydrogens (tertiary/aromatic N) is 1. The molecule has 2 heterocycles. The van der Waals surface area contributed by atoms with Crippen molar-refractivity contribution in [2.45, 2.75) is 19.4 Å². The smallest absolute Gasteiger partial charge is 0.0701 e. The van der Waals surface area contributed by atoms with Gasteiger partial charge in [0.15, 0.2) is 0 Å². The molecule has 2 nitrogen and oxygen atoms in total. The quantitative estimate of drug-likeness (QED) is 0.908. The molecule has 1 atom stereocenters. The lowest BCUT2D eigenvalue weighted by atomic mass is 10.1. The number of aromatic nitrogens is 1. The molecule has 4 heteroatoms. The maximum Gasteiger partial charge on any atom is 0.0701 e. The Morgan fingerprint density at radius 1 is 1.29 bits per heavy atom. The number of thiophene rings is 1. The first-order valence-electron chi connectivity index (χ1n) is 5.67. The van der Waals surface area contributed by atoms with E-state index in [9.17, 15) is 0 Å². The molecule has 0 spiro atoms. The predicted octanol–water partition coefficient (Wildman–Crippen LogP) is 3.80. The Labute approximate surface area is 114 Å². The highest BCUT2D eigenvalue weighted by atomic mass is 79.9. The van der Waals surface area contributed by atoms with Crippen molar-refractivity contribution >= 4 is 27.3 Å². The van der Waals surface area contributed by atoms with E-state index in [1.54, 1.807) is 11.3 Å². The van der Waals surface area contributed by atoms with Crippen LogP contribution in [0.4, 0.5) is 0 Å². The SMILES string of the molecule is CCNC(Cc1ccncc1)c1ccc(Br)s1. The second-order valence-corrected chi connectivity index (χ2v) is 6.31. The highest BCUT2D eigenvalue weighted by Gasteiger charge is 2.13. The predicted molar refractivity (Wildman–Crippen MR) is 76.4 cm³/mol. The van der Waals surface area contributed by atoms with Crippen molar-refractivity contribution in [3.8, 4) is 0 Å². The lowest BCUT2D eigenvalue weighted by Crippen LogP contribution is -2.22. The van der Waals surface area contributed by atoms with Crippen LogP contribution < -0.4 is 5.32 Å². The second kappa shape index (κ2) is 6.28. The lowest BCUT2D eigenvalue weighted by Gasteiger charge is -2.16. The van der Waals surface area contributed by atoms with Gasteiger partial charge in [-0.25, -0.2) is 0 Å². The fraction of sp³-hybridized carbons (Fsp3) is 0.308. The summed E-state index contributed by atoms with van der Waals surface area (Å²) < 4.78 is 1.19. The van der Waals surface area contributed by atoms with E-state index in [2.05, 4.69) is 57.4 Å². The summed E-state index contributed by atoms with van der Waals surface area (Å²) in [4.78, 5) is 5.42. The number of rotatable bonds is 5. The van der Waals surface area contributed by atoms with Crippen LogP contribution in [0.25, 0.3) is 0 Å². The first-order chi connectivity index (χ1) is 8.29. The molecular formula is C13H15BrN2S. The molecule has 2 aromatic rings. The summed E-state index contributed by atoms with van der Waals surface area (Å²) in [5.74, 6) is 0. The van der Waals surface area contributed by atoms with Gasteiger partial charge in [-0.1, -0.05) is 6.92 Å². The minimum Gasteiger partial charge on any atom is -0.309 e. The summed E-state index contributed by atoms with van der Waals surface area (Å²) in [6, 6.07) is 8.83. The molecule has 2 rings (SSSR count). The van der Waals surface area contributed by atoms with Gasteiger partial charge >= 0.3 is 0 Å². The van der Waals surface area contributed by atoms with Crippen LogP contribution in [0.2, 0.25) is 0 Å². The Balaban J connectivity index is 2.13. The van der Waals surface area contributed by atoms with Gasteiger partial charge in [0, 0.05) is 23.3 Å². The molecule has 0 aromatic carbocycles. The number of pyridine rings is 1. The maximum absolute atomic E-state index is 4.05. The van der Waals surface area contributed by atoms with E-state index in [4.69, 9.17) is 0 Å². The zero-order chi connectivity index (χ0) is 12.1. The first-order valence-corrected chi connectivity index (χ1v) is 7.28. The van der Waals surface area contributed by atoms with Gasteiger partial charge in [0.2, 0.25) is 0 Å². The standard InChI is InChI=1S/C13H15BrN2S/c1-2-16-11(12-3-4-13(14)17-12)9-10-5-7-15-8-6-10/h3-8,11,16H,2,9H2,1H3. The summed E-state index contributed by atoms with van der Waals surface area (Å²) in [5.41, 5.74) is 1.32. The van der Waals surface area contributed by atoms with E-state index in [0.29, 0.717) is 6.04 Å². The van der Waals surface area contributed by atoms with E-state index >= 15 is 0 Å². The Morgan fingerprint density at radius 2 is 2.06 bits per heavy atom. The molecule has 17 heavy (non-hydrogen) atoms. The van der Waals surface area contributed by atoms with Crippen molar-refractivity contribution in [3.63, 3.8) is 0 Å². The molecule has 0 saturated carbocycles. The van der Waals surface area contributed by atoms with Gasteiger partial charge in [0.1, 0.15) is 0 Å². The Bertz CT molecular complexity index is 455. The van der Waals surface area contributed by atoms with Crippen LogP contribution in [0.5, 0.6) is 0 Å². The van der Waals surface area contributed by atoms with Crippen LogP contribution in [-0.2, 0) is 6.42 Å². The lowest BCUT2D eigenvalue weighted by molar-refractivity contribution is 0.558. The average molecular weight is 311 g/mol. The number of hydrogen-bond acceptors (Lipinski definition) is 3. The third-order valence-electron chi connectivity index (χ3n) is 2.58. The number of hydrogen-bond donors (Lipinski definition) is 1. The Kier molecular flexibility index (Phi) is 4.71. The molecule has 0 aliphatic heterocycles. The van der Waals surface area contributed by atoms with Crippen molar-refractivity contribution in [1.82, 2.24) is 10.3 Å². The highest BCUT2D eigenvalue weighted by molar-refractivity contribution is 9.11. The first kappa shape index (κ1) is 12.7. The van der Waals surface area contributed by atoms with Gasteiger partial charge in [0.05, 0.1) is 3.79 Å². The molecule has 90 valence electrons. The molecule has 0 radical (unpaired) electrons. The largest absolute Gasteiger partial charge is 0.309 e. The van der Waals surface area contributed by atoms with Gasteiger partial charge in [0.25, 0.3) is 0 Å². The molecule has 1 unspecified atom stereocenters. The van der Waals surface area contributed by atoms with Crippen LogP contribution in [0, 0.1) is 0 Å². The molecule has 0 amide bonds. The fourth-order valence-electron chi connectivity index (χ4n) is 1.79. The molecule has 0 bridgehead atoms. The third kappa shape index (κ3) is 3.63. The van der Waals surface area contributed by atoms with E-state index in [1.165, 1.54) is 14.2 Å². The van der Waals surface area contributed by atoms with Crippen molar-refractivity contribution in [2.75, 3.05) is 6.54 Å². The Morgan fingerprint density at radius 3 is 2.65 bits per heavy atom. The molecule has 0 aliphatic carbocycles. The molecule has 0 fully saturated rings. The van der Waals surface area contributed by atoms with Crippen molar-refractivity contribution in [2.24, 2.45) is 0 Å². The Hall–Kier alpha value is -0.710. The zero-order valence-corrected chi connectivity index (χ0v) is 12.1. The van der Waals surface area contributed by atoms with Crippen LogP contribution in [-0.4, -0.2) is 11.5 Å². The molecule has 0 saturated heterocycles. The summed E-state index contributed by atoms with van der Waals surface area (Å²) in [7, 11) is 0. The molecule has 1 N–H and O–H groups in total. The van der Waals surface area contributed by atoms with Crippen LogP contribution >= 0.6 is 27.3 Å². The maximum atomic E-state index is 4.05. The number of halogens is 1. The summed E-state index contributed by atoms with van der Waals surface area (Å²) in [6.45, 7) is 3.12. The summed E-state index contributed by atoms with van der Waals surface area (Å²) in [5, 5.41) is 3.53. The van der Waals surface area contributed by atoms with Crippen LogP contribution in [0.3, 0.4) is 0 Å². The fourth-order valence-corrected chi connectivity index (χ4v) is 3.29. The second-order valence-electron chi connectivity index (χ2n) is 3.81. The zero-order valence-electron chi connectivity index (χ0n) is 9.69. The van der Waals surface area contributed by atoms with Gasteiger partial charge in [-0.2, -0.15) is 0 Å². The van der Waals surface area contributed by atoms with Gasteiger partial charge in [-0.05, 0) is 58.7 Å². The minimum absolute atomic E-state index is 0.388. The summed E-state index contributed by atoms with van der Waals surface area (Å²) in [6.07, 6.45) is 4.70. The number of nitrogens with one attached hydrogen (secondary N) is 1. The van der Waals surface area contributed by atoms with Crippen molar-refractivity contribution in [3.05, 3.63) is 50.9 Å². The van der Waals surface area contributed by atoms with Gasteiger partial charge in [-0.3, -0.25) is 4.98 Å². The van der Waals surface area contributed by atoms with Crippen LogP contribution in [0.15, 0.2) is 40.4 Å². The monoisotopic (exact) mass is 310 g/mol. The van der Waals surface area contributed by atoms with E-state index in [0.717, 1.165) is 13.0 Å². The average Bonchev–Trinajstić information content (AvgIpc) is 2.77. The van der Waals surface area contributed by atoms with Gasteiger partial charge < -0.3 is 5.32 Å².